The van der Waals surface area contributed by atoms with Crippen molar-refractivity contribution < 1.29 is 0 Å². The molecule has 1 atom stereocenters. The molecule has 1 aliphatic heterocycles. The van der Waals surface area contributed by atoms with Crippen LogP contribution in [0.3, 0.4) is 0 Å². The zero-order valence-electron chi connectivity index (χ0n) is 19.4. The minimum atomic E-state index is -0.214. The van der Waals surface area contributed by atoms with Gasteiger partial charge < -0.3 is 28.3 Å². The molecule has 0 aliphatic carbocycles. The number of dihydropyridines is 1. The van der Waals surface area contributed by atoms with Gasteiger partial charge in [-0.15, -0.1) is 0 Å². The zero-order chi connectivity index (χ0) is 25.3. The lowest BCUT2D eigenvalue weighted by molar-refractivity contribution is 0.810. The average molecular weight is 455 g/mol. The SMILES string of the molecule is C=C\C=C/C=C(N)/C(=N\C(C(=C)/C=C\C=C/N)=C(N)\C(N)=C\C=C/C=C)C(=C)C1C=CC=CN1. The maximum Gasteiger partial charge on any atom is 0.0954 e. The lowest BCUT2D eigenvalue weighted by atomic mass is 9.99. The van der Waals surface area contributed by atoms with Crippen molar-refractivity contribution in [2.45, 2.75) is 6.04 Å². The summed E-state index contributed by atoms with van der Waals surface area (Å²) in [6, 6.07) is -0.214. The number of nitrogens with zero attached hydrogens (tertiary/aromatic N) is 1. The maximum atomic E-state index is 6.42. The number of aliphatic imine (C=N–C) groups is 1. The van der Waals surface area contributed by atoms with E-state index >= 15 is 0 Å². The van der Waals surface area contributed by atoms with Crippen molar-refractivity contribution in [1.82, 2.24) is 5.32 Å². The fourth-order valence-corrected chi connectivity index (χ4v) is 2.64. The predicted octanol–water partition coefficient (Wildman–Crippen LogP) is 3.95. The molecule has 0 fully saturated rings. The molecule has 0 aromatic carbocycles. The summed E-state index contributed by atoms with van der Waals surface area (Å²) in [6.07, 6.45) is 27.7. The Morgan fingerprint density at radius 1 is 0.853 bits per heavy atom. The second-order valence-corrected chi connectivity index (χ2v) is 6.89. The van der Waals surface area contributed by atoms with Gasteiger partial charge in [0.1, 0.15) is 0 Å². The van der Waals surface area contributed by atoms with E-state index in [1.54, 1.807) is 66.8 Å². The van der Waals surface area contributed by atoms with Gasteiger partial charge in [0.15, 0.2) is 0 Å². The molecule has 9 N–H and O–H groups in total. The number of nitrogens with one attached hydrogen (secondary N) is 1. The molecule has 1 aliphatic rings. The van der Waals surface area contributed by atoms with Crippen LogP contribution in [0.2, 0.25) is 0 Å². The summed E-state index contributed by atoms with van der Waals surface area (Å²) >= 11 is 0. The second-order valence-electron chi connectivity index (χ2n) is 6.89. The Kier molecular flexibility index (Phi) is 12.2. The van der Waals surface area contributed by atoms with Crippen LogP contribution in [0.15, 0.2) is 163 Å². The topological polar surface area (TPSA) is 128 Å². The van der Waals surface area contributed by atoms with Crippen molar-refractivity contribution in [3.8, 4) is 0 Å². The molecule has 0 radical (unpaired) electrons. The number of allylic oxidation sites excluding steroid dienone is 14. The molecular formula is C28H34N6. The first kappa shape index (κ1) is 27.3. The van der Waals surface area contributed by atoms with Gasteiger partial charge in [-0.05, 0) is 47.9 Å². The van der Waals surface area contributed by atoms with Crippen LogP contribution in [0.25, 0.3) is 0 Å². The van der Waals surface area contributed by atoms with Gasteiger partial charge in [0, 0.05) is 0 Å². The molecule has 0 amide bonds. The molecule has 1 rings (SSSR count). The third-order valence-electron chi connectivity index (χ3n) is 4.40. The Hall–Kier alpha value is -4.71. The van der Waals surface area contributed by atoms with Gasteiger partial charge in [-0.1, -0.05) is 87.1 Å². The van der Waals surface area contributed by atoms with Crippen LogP contribution in [0.5, 0.6) is 0 Å². The van der Waals surface area contributed by atoms with Gasteiger partial charge in [-0.25, -0.2) is 4.99 Å². The molecule has 0 aromatic heterocycles. The molecule has 6 nitrogen and oxygen atoms in total. The molecule has 1 heterocycles. The quantitative estimate of drug-likeness (QED) is 0.225. The highest BCUT2D eigenvalue weighted by molar-refractivity contribution is 6.13. The normalized spacial score (nSPS) is 18.0. The van der Waals surface area contributed by atoms with Crippen molar-refractivity contribution in [2.75, 3.05) is 0 Å². The van der Waals surface area contributed by atoms with Crippen LogP contribution >= 0.6 is 0 Å². The summed E-state index contributed by atoms with van der Waals surface area (Å²) in [5, 5.41) is 3.23. The number of nitrogens with two attached hydrogens (primary N) is 4. The summed E-state index contributed by atoms with van der Waals surface area (Å²) in [5.74, 6) is 0. The van der Waals surface area contributed by atoms with E-state index in [2.05, 4.69) is 31.6 Å². The van der Waals surface area contributed by atoms with E-state index in [1.165, 1.54) is 6.20 Å². The van der Waals surface area contributed by atoms with Gasteiger partial charge in [0.25, 0.3) is 0 Å². The summed E-state index contributed by atoms with van der Waals surface area (Å²) < 4.78 is 0. The molecule has 0 aromatic rings. The Labute approximate surface area is 202 Å². The molecule has 0 spiro atoms. The summed E-state index contributed by atoms with van der Waals surface area (Å²) in [7, 11) is 0. The Morgan fingerprint density at radius 2 is 1.50 bits per heavy atom. The van der Waals surface area contributed by atoms with Gasteiger partial charge in [0.2, 0.25) is 0 Å². The lowest BCUT2D eigenvalue weighted by Gasteiger charge is -2.21. The van der Waals surface area contributed by atoms with E-state index in [-0.39, 0.29) is 11.7 Å². The van der Waals surface area contributed by atoms with Crippen molar-refractivity contribution in [1.29, 1.82) is 0 Å². The Bertz CT molecular complexity index is 1080. The first-order chi connectivity index (χ1) is 16.4. The monoisotopic (exact) mass is 454 g/mol. The van der Waals surface area contributed by atoms with Crippen molar-refractivity contribution in [3.63, 3.8) is 0 Å². The highest BCUT2D eigenvalue weighted by Crippen LogP contribution is 2.21. The van der Waals surface area contributed by atoms with Crippen molar-refractivity contribution >= 4 is 5.71 Å². The smallest absolute Gasteiger partial charge is 0.0954 e. The predicted molar refractivity (Wildman–Crippen MR) is 148 cm³/mol. The third-order valence-corrected chi connectivity index (χ3v) is 4.40. The fraction of sp³-hybridized carbons (Fsp3) is 0.0357. The molecule has 0 saturated heterocycles. The molecule has 0 bridgehead atoms. The van der Waals surface area contributed by atoms with Gasteiger partial charge in [0.05, 0.1) is 34.5 Å². The van der Waals surface area contributed by atoms with Gasteiger partial charge in [-0.3, -0.25) is 0 Å². The summed E-state index contributed by atoms with van der Waals surface area (Å²) in [5.41, 5.74) is 27.3. The van der Waals surface area contributed by atoms with E-state index in [4.69, 9.17) is 27.9 Å². The van der Waals surface area contributed by atoms with Crippen LogP contribution in [0.4, 0.5) is 0 Å². The molecule has 6 heteroatoms. The van der Waals surface area contributed by atoms with E-state index in [1.807, 2.05) is 24.4 Å². The number of rotatable bonds is 12. The van der Waals surface area contributed by atoms with E-state index in [9.17, 15) is 0 Å². The van der Waals surface area contributed by atoms with Crippen LogP contribution in [-0.2, 0) is 0 Å². The minimum Gasteiger partial charge on any atom is -0.405 e. The largest absolute Gasteiger partial charge is 0.405 e. The van der Waals surface area contributed by atoms with E-state index in [0.717, 1.165) is 0 Å². The van der Waals surface area contributed by atoms with E-state index in [0.29, 0.717) is 33.9 Å². The average Bonchev–Trinajstić information content (AvgIpc) is 2.84. The van der Waals surface area contributed by atoms with Crippen molar-refractivity contribution in [3.05, 3.63) is 158 Å². The van der Waals surface area contributed by atoms with Crippen LogP contribution < -0.4 is 28.3 Å². The molecule has 0 saturated carbocycles. The first-order valence-corrected chi connectivity index (χ1v) is 10.5. The standard InChI is InChI=1S/C28H34N6/c1-5-7-9-16-23(30)26(32)27(21(3)15-11-13-19-29)34-28(24(31)17-10-8-6-2)22(4)25-18-12-14-20-33-25/h5-20,25,33H,1-4,29-32H2/b9-7-,10-8-,15-11-,19-13-,23-16-,24-17-,27-26-,34-28-. The third kappa shape index (κ3) is 8.80. The molecule has 1 unspecified atom stereocenters. The lowest BCUT2D eigenvalue weighted by Crippen LogP contribution is -2.31. The highest BCUT2D eigenvalue weighted by atomic mass is 14.9. The highest BCUT2D eigenvalue weighted by Gasteiger charge is 2.19. The molecular weight excluding hydrogens is 420 g/mol. The minimum absolute atomic E-state index is 0.214. The Balaban J connectivity index is 3.75. The van der Waals surface area contributed by atoms with Gasteiger partial charge >= 0.3 is 0 Å². The number of hydrogen-bond donors (Lipinski definition) is 5. The van der Waals surface area contributed by atoms with Crippen LogP contribution in [0.1, 0.15) is 0 Å². The van der Waals surface area contributed by atoms with Crippen LogP contribution in [0, 0.1) is 0 Å². The van der Waals surface area contributed by atoms with E-state index < -0.39 is 0 Å². The van der Waals surface area contributed by atoms with Crippen molar-refractivity contribution in [2.24, 2.45) is 27.9 Å². The zero-order valence-corrected chi connectivity index (χ0v) is 19.4. The summed E-state index contributed by atoms with van der Waals surface area (Å²) in [6.45, 7) is 15.6. The Morgan fingerprint density at radius 3 is 2.06 bits per heavy atom. The van der Waals surface area contributed by atoms with Gasteiger partial charge in [-0.2, -0.15) is 0 Å². The maximum absolute atomic E-state index is 6.42. The fourth-order valence-electron chi connectivity index (χ4n) is 2.64. The van der Waals surface area contributed by atoms with Crippen LogP contribution in [-0.4, -0.2) is 11.8 Å². The molecule has 176 valence electrons. The number of hydrogen-bond acceptors (Lipinski definition) is 6. The second kappa shape index (κ2) is 15.2. The first-order valence-electron chi connectivity index (χ1n) is 10.5. The summed E-state index contributed by atoms with van der Waals surface area (Å²) in [4.78, 5) is 4.81. The molecule has 34 heavy (non-hydrogen) atoms.